The number of aryl methyl sites for hydroxylation is 1. The molecule has 0 saturated heterocycles. The fourth-order valence-electron chi connectivity index (χ4n) is 2.32. The Kier molecular flexibility index (Phi) is 4.29. The second kappa shape index (κ2) is 6.37. The number of amides is 1. The van der Waals surface area contributed by atoms with E-state index in [1.54, 1.807) is 28.0 Å². The summed E-state index contributed by atoms with van der Waals surface area (Å²) in [5.74, 6) is 0.897. The van der Waals surface area contributed by atoms with Crippen LogP contribution in [0.3, 0.4) is 0 Å². The number of anilines is 1. The Labute approximate surface area is 138 Å². The topological polar surface area (TPSA) is 85.3 Å². The van der Waals surface area contributed by atoms with Gasteiger partial charge in [-0.15, -0.1) is 16.4 Å². The average Bonchev–Trinajstić information content (AvgIpc) is 3.13. The van der Waals surface area contributed by atoms with Gasteiger partial charge in [0.05, 0.1) is 4.88 Å². The van der Waals surface area contributed by atoms with Crippen LogP contribution in [0.1, 0.15) is 35.7 Å². The van der Waals surface area contributed by atoms with Crippen LogP contribution in [0, 0.1) is 6.92 Å². The summed E-state index contributed by atoms with van der Waals surface area (Å²) in [5.41, 5.74) is 8.25. The first-order valence-corrected chi connectivity index (χ1v) is 8.47. The van der Waals surface area contributed by atoms with Gasteiger partial charge < -0.3 is 11.1 Å². The number of nitrogen functional groups attached to an aromatic ring is 1. The second-order valence-electron chi connectivity index (χ2n) is 5.42. The van der Waals surface area contributed by atoms with Crippen molar-refractivity contribution in [3.8, 4) is 10.7 Å². The first-order chi connectivity index (χ1) is 11.1. The van der Waals surface area contributed by atoms with E-state index >= 15 is 0 Å². The summed E-state index contributed by atoms with van der Waals surface area (Å²) in [6, 6.07) is 5.38. The highest BCUT2D eigenvalue weighted by molar-refractivity contribution is 7.13. The third kappa shape index (κ3) is 3.05. The zero-order chi connectivity index (χ0) is 16.4. The van der Waals surface area contributed by atoms with Gasteiger partial charge in [-0.1, -0.05) is 13.3 Å². The molecule has 0 bridgehead atoms. The molecule has 7 heteroatoms. The van der Waals surface area contributed by atoms with Crippen LogP contribution in [0.5, 0.6) is 0 Å². The van der Waals surface area contributed by atoms with Gasteiger partial charge >= 0.3 is 0 Å². The number of thiophene rings is 1. The molecule has 1 amide bonds. The van der Waals surface area contributed by atoms with Crippen molar-refractivity contribution in [2.75, 3.05) is 12.3 Å². The van der Waals surface area contributed by atoms with Crippen LogP contribution in [0.25, 0.3) is 16.3 Å². The molecule has 0 aromatic carbocycles. The highest BCUT2D eigenvalue weighted by Gasteiger charge is 2.14. The Morgan fingerprint density at radius 1 is 1.43 bits per heavy atom. The predicted octanol–water partition coefficient (Wildman–Crippen LogP) is 2.88. The number of carbonyl (C=O) groups is 1. The van der Waals surface area contributed by atoms with Gasteiger partial charge in [-0.2, -0.15) is 4.52 Å². The molecule has 3 heterocycles. The molecule has 0 unspecified atom stereocenters. The molecule has 0 aliphatic heterocycles. The fraction of sp³-hybridized carbons (Fsp3) is 0.312. The molecule has 23 heavy (non-hydrogen) atoms. The molecule has 0 fully saturated rings. The number of nitrogens with zero attached hydrogens (tertiary/aromatic N) is 3. The minimum Gasteiger partial charge on any atom is -0.384 e. The summed E-state index contributed by atoms with van der Waals surface area (Å²) in [4.78, 5) is 17.7. The number of nitrogens with two attached hydrogens (primary N) is 1. The van der Waals surface area contributed by atoms with E-state index in [-0.39, 0.29) is 5.91 Å². The van der Waals surface area contributed by atoms with Crippen LogP contribution in [-0.2, 0) is 0 Å². The number of nitrogens with one attached hydrogen (secondary N) is 1. The SMILES string of the molecule is CCCCNC(=O)c1cc(N)n2nc(-c3sccc3C)nc2c1. The molecular formula is C16H19N5OS. The molecule has 3 aromatic heterocycles. The van der Waals surface area contributed by atoms with Crippen LogP contribution in [0.2, 0.25) is 0 Å². The van der Waals surface area contributed by atoms with Crippen LogP contribution >= 0.6 is 11.3 Å². The molecule has 0 saturated carbocycles. The Balaban J connectivity index is 1.95. The summed E-state index contributed by atoms with van der Waals surface area (Å²) in [6.45, 7) is 4.76. The number of rotatable bonds is 5. The predicted molar refractivity (Wildman–Crippen MR) is 92.7 cm³/mol. The van der Waals surface area contributed by atoms with Crippen molar-refractivity contribution in [3.05, 3.63) is 34.7 Å². The van der Waals surface area contributed by atoms with E-state index in [4.69, 9.17) is 5.73 Å². The first kappa shape index (κ1) is 15.5. The van der Waals surface area contributed by atoms with Crippen molar-refractivity contribution < 1.29 is 4.79 Å². The van der Waals surface area contributed by atoms with Gasteiger partial charge in [0.1, 0.15) is 5.82 Å². The summed E-state index contributed by atoms with van der Waals surface area (Å²) >= 11 is 1.59. The minimum atomic E-state index is -0.135. The van der Waals surface area contributed by atoms with Crippen molar-refractivity contribution in [2.45, 2.75) is 26.7 Å². The number of aromatic nitrogens is 3. The fourth-order valence-corrected chi connectivity index (χ4v) is 3.17. The van der Waals surface area contributed by atoms with E-state index in [2.05, 4.69) is 22.3 Å². The Morgan fingerprint density at radius 2 is 2.26 bits per heavy atom. The maximum absolute atomic E-state index is 12.2. The first-order valence-electron chi connectivity index (χ1n) is 7.59. The lowest BCUT2D eigenvalue weighted by molar-refractivity contribution is 0.0953. The molecule has 120 valence electrons. The number of hydrogen-bond acceptors (Lipinski definition) is 5. The Bertz CT molecular complexity index is 851. The lowest BCUT2D eigenvalue weighted by Gasteiger charge is -2.05. The van der Waals surface area contributed by atoms with E-state index in [1.807, 2.05) is 18.4 Å². The molecule has 3 rings (SSSR count). The van der Waals surface area contributed by atoms with Gasteiger partial charge in [-0.05, 0) is 42.5 Å². The molecule has 0 radical (unpaired) electrons. The molecule has 3 N–H and O–H groups in total. The molecule has 0 aliphatic rings. The highest BCUT2D eigenvalue weighted by atomic mass is 32.1. The van der Waals surface area contributed by atoms with Crippen LogP contribution < -0.4 is 11.1 Å². The molecule has 6 nitrogen and oxygen atoms in total. The minimum absolute atomic E-state index is 0.135. The van der Waals surface area contributed by atoms with Crippen molar-refractivity contribution in [1.82, 2.24) is 19.9 Å². The highest BCUT2D eigenvalue weighted by Crippen LogP contribution is 2.27. The summed E-state index contributed by atoms with van der Waals surface area (Å²) in [6.07, 6.45) is 1.99. The molecule has 3 aromatic rings. The van der Waals surface area contributed by atoms with Crippen molar-refractivity contribution in [2.24, 2.45) is 0 Å². The number of unbranched alkanes of at least 4 members (excludes halogenated alkanes) is 1. The summed E-state index contributed by atoms with van der Waals surface area (Å²) < 4.78 is 1.57. The zero-order valence-electron chi connectivity index (χ0n) is 13.2. The zero-order valence-corrected chi connectivity index (χ0v) is 14.0. The maximum atomic E-state index is 12.2. The Morgan fingerprint density at radius 3 is 2.96 bits per heavy atom. The third-order valence-electron chi connectivity index (χ3n) is 3.61. The van der Waals surface area contributed by atoms with Gasteiger partial charge in [0.15, 0.2) is 11.5 Å². The van der Waals surface area contributed by atoms with E-state index in [1.165, 1.54) is 0 Å². The van der Waals surface area contributed by atoms with Crippen molar-refractivity contribution >= 4 is 28.7 Å². The maximum Gasteiger partial charge on any atom is 0.251 e. The smallest absolute Gasteiger partial charge is 0.251 e. The normalized spacial score (nSPS) is 11.0. The number of pyridine rings is 1. The Hall–Kier alpha value is -2.41. The monoisotopic (exact) mass is 329 g/mol. The third-order valence-corrected chi connectivity index (χ3v) is 4.62. The largest absolute Gasteiger partial charge is 0.384 e. The number of fused-ring (bicyclic) bond motifs is 1. The van der Waals surface area contributed by atoms with Gasteiger partial charge in [0.2, 0.25) is 0 Å². The molecule has 0 aliphatic carbocycles. The molecule has 0 atom stereocenters. The van der Waals surface area contributed by atoms with Crippen molar-refractivity contribution in [3.63, 3.8) is 0 Å². The van der Waals surface area contributed by atoms with Crippen LogP contribution in [0.4, 0.5) is 5.82 Å². The molecule has 0 spiro atoms. The standard InChI is InChI=1S/C16H19N5OS/c1-3-4-6-18-16(22)11-8-12(17)21-13(9-11)19-15(20-21)14-10(2)5-7-23-14/h5,7-9H,3-4,6,17H2,1-2H3,(H,18,22). The quantitative estimate of drug-likeness (QED) is 0.705. The van der Waals surface area contributed by atoms with Crippen molar-refractivity contribution in [1.29, 1.82) is 0 Å². The van der Waals surface area contributed by atoms with E-state index in [0.29, 0.717) is 29.4 Å². The van der Waals surface area contributed by atoms with Gasteiger partial charge in [0.25, 0.3) is 5.91 Å². The lowest BCUT2D eigenvalue weighted by atomic mass is 10.2. The van der Waals surface area contributed by atoms with E-state index in [0.717, 1.165) is 23.3 Å². The van der Waals surface area contributed by atoms with E-state index in [9.17, 15) is 4.79 Å². The van der Waals surface area contributed by atoms with Crippen LogP contribution in [-0.4, -0.2) is 27.0 Å². The number of carbonyl (C=O) groups excluding carboxylic acids is 1. The molecular weight excluding hydrogens is 310 g/mol. The van der Waals surface area contributed by atoms with Crippen LogP contribution in [0.15, 0.2) is 23.6 Å². The second-order valence-corrected chi connectivity index (χ2v) is 6.33. The van der Waals surface area contributed by atoms with Gasteiger partial charge in [0, 0.05) is 12.1 Å². The van der Waals surface area contributed by atoms with E-state index < -0.39 is 0 Å². The average molecular weight is 329 g/mol. The summed E-state index contributed by atoms with van der Waals surface area (Å²) in [5, 5.41) is 9.34. The van der Waals surface area contributed by atoms with Gasteiger partial charge in [-0.25, -0.2) is 4.98 Å². The lowest BCUT2D eigenvalue weighted by Crippen LogP contribution is -2.24. The number of hydrogen-bond donors (Lipinski definition) is 2. The summed E-state index contributed by atoms with van der Waals surface area (Å²) in [7, 11) is 0. The van der Waals surface area contributed by atoms with Gasteiger partial charge in [-0.3, -0.25) is 4.79 Å².